The van der Waals surface area contributed by atoms with Crippen molar-refractivity contribution in [2.45, 2.75) is 18.7 Å². The molecular formula is C21H21F3N4O3. The molecule has 1 aromatic carbocycles. The fourth-order valence-electron chi connectivity index (χ4n) is 3.71. The minimum atomic E-state index is -4.48. The van der Waals surface area contributed by atoms with Crippen molar-refractivity contribution in [3.8, 4) is 5.88 Å². The van der Waals surface area contributed by atoms with Crippen molar-refractivity contribution < 1.29 is 27.5 Å². The number of amides is 3. The van der Waals surface area contributed by atoms with Crippen molar-refractivity contribution in [2.75, 3.05) is 37.6 Å². The number of carbonyl (C=O) groups is 2. The van der Waals surface area contributed by atoms with Gasteiger partial charge in [0.15, 0.2) is 0 Å². The van der Waals surface area contributed by atoms with E-state index < -0.39 is 17.8 Å². The minimum absolute atomic E-state index is 0.0449. The molecule has 2 saturated heterocycles. The maximum absolute atomic E-state index is 12.8. The Labute approximate surface area is 177 Å². The van der Waals surface area contributed by atoms with Crippen LogP contribution in [-0.2, 0) is 11.0 Å². The van der Waals surface area contributed by atoms with Gasteiger partial charge in [-0.25, -0.2) is 9.78 Å². The van der Waals surface area contributed by atoms with Gasteiger partial charge in [-0.3, -0.25) is 9.69 Å². The van der Waals surface area contributed by atoms with Crippen LogP contribution in [0.5, 0.6) is 5.88 Å². The Morgan fingerprint density at radius 3 is 2.65 bits per heavy atom. The number of hydrogen-bond donors (Lipinski definition) is 0. The Hall–Kier alpha value is -3.30. The molecule has 164 valence electrons. The molecule has 0 bridgehead atoms. The molecule has 1 aromatic heterocycles. The van der Waals surface area contributed by atoms with Gasteiger partial charge in [0.2, 0.25) is 11.8 Å². The van der Waals surface area contributed by atoms with E-state index in [0.29, 0.717) is 26.1 Å². The third-order valence-corrected chi connectivity index (χ3v) is 5.34. The third-order valence-electron chi connectivity index (χ3n) is 5.34. The van der Waals surface area contributed by atoms with Gasteiger partial charge < -0.3 is 14.5 Å². The van der Waals surface area contributed by atoms with Crippen LogP contribution in [0.25, 0.3) is 0 Å². The van der Waals surface area contributed by atoms with Crippen LogP contribution in [0.3, 0.4) is 0 Å². The van der Waals surface area contributed by atoms with Gasteiger partial charge in [-0.1, -0.05) is 18.2 Å². The lowest BCUT2D eigenvalue weighted by molar-refractivity contribution is -0.137. The molecule has 3 amide bonds. The molecule has 4 rings (SSSR count). The number of benzene rings is 1. The lowest BCUT2D eigenvalue weighted by Crippen LogP contribution is -2.42. The van der Waals surface area contributed by atoms with Gasteiger partial charge in [0.05, 0.1) is 12.1 Å². The summed E-state index contributed by atoms with van der Waals surface area (Å²) in [6, 6.07) is 10.8. The number of anilines is 1. The number of urea groups is 1. The molecule has 0 spiro atoms. The zero-order valence-electron chi connectivity index (χ0n) is 16.6. The summed E-state index contributed by atoms with van der Waals surface area (Å²) in [5.74, 6) is -0.339. The molecule has 31 heavy (non-hydrogen) atoms. The Kier molecular flexibility index (Phi) is 5.71. The molecule has 0 N–H and O–H groups in total. The van der Waals surface area contributed by atoms with E-state index in [2.05, 4.69) is 4.98 Å². The summed E-state index contributed by atoms with van der Waals surface area (Å²) in [5, 5.41) is 0. The Morgan fingerprint density at radius 2 is 1.90 bits per heavy atom. The van der Waals surface area contributed by atoms with E-state index in [1.807, 2.05) is 30.3 Å². The molecule has 3 heterocycles. The molecule has 0 aliphatic carbocycles. The summed E-state index contributed by atoms with van der Waals surface area (Å²) in [6.45, 7) is 1.55. The zero-order chi connectivity index (χ0) is 22.0. The maximum Gasteiger partial charge on any atom is 0.416 e. The Bertz CT molecular complexity index is 954. The van der Waals surface area contributed by atoms with Crippen molar-refractivity contribution in [3.05, 3.63) is 54.2 Å². The van der Waals surface area contributed by atoms with Gasteiger partial charge >= 0.3 is 12.2 Å². The van der Waals surface area contributed by atoms with Crippen molar-refractivity contribution in [3.63, 3.8) is 0 Å². The van der Waals surface area contributed by atoms with Crippen molar-refractivity contribution in [2.24, 2.45) is 0 Å². The number of pyridine rings is 1. The summed E-state index contributed by atoms with van der Waals surface area (Å²) in [5.41, 5.74) is -0.0513. The summed E-state index contributed by atoms with van der Waals surface area (Å²) in [6.07, 6.45) is -3.40. The van der Waals surface area contributed by atoms with E-state index in [0.717, 1.165) is 24.0 Å². The molecule has 2 aliphatic heterocycles. The van der Waals surface area contributed by atoms with E-state index in [9.17, 15) is 22.8 Å². The monoisotopic (exact) mass is 434 g/mol. The van der Waals surface area contributed by atoms with Crippen LogP contribution in [0.1, 0.15) is 12.0 Å². The number of carbonyl (C=O) groups excluding carboxylic acids is 2. The molecule has 1 unspecified atom stereocenters. The van der Waals surface area contributed by atoms with Gasteiger partial charge in [0, 0.05) is 44.0 Å². The van der Waals surface area contributed by atoms with Gasteiger partial charge in [-0.05, 0) is 18.2 Å². The van der Waals surface area contributed by atoms with Crippen LogP contribution in [0.15, 0.2) is 48.7 Å². The van der Waals surface area contributed by atoms with E-state index >= 15 is 0 Å². The van der Waals surface area contributed by atoms with Crippen LogP contribution in [-0.4, -0.2) is 65.5 Å². The van der Waals surface area contributed by atoms with Crippen LogP contribution in [0.4, 0.5) is 23.7 Å². The van der Waals surface area contributed by atoms with E-state index in [1.54, 1.807) is 9.80 Å². The lowest BCUT2D eigenvalue weighted by atomic mass is 10.2. The SMILES string of the molecule is O=C(CN1CCN(c2ccccc2)C1=O)N1CCC(Oc2cc(C(F)(F)F)ccn2)C1. The highest BCUT2D eigenvalue weighted by atomic mass is 19.4. The Morgan fingerprint density at radius 1 is 1.13 bits per heavy atom. The maximum atomic E-state index is 12.8. The topological polar surface area (TPSA) is 66.0 Å². The molecular weight excluding hydrogens is 413 g/mol. The number of alkyl halides is 3. The van der Waals surface area contributed by atoms with Gasteiger partial charge in [-0.2, -0.15) is 13.2 Å². The van der Waals surface area contributed by atoms with Crippen LogP contribution in [0.2, 0.25) is 0 Å². The zero-order valence-corrected chi connectivity index (χ0v) is 16.6. The summed E-state index contributed by atoms with van der Waals surface area (Å²) in [7, 11) is 0. The second kappa shape index (κ2) is 8.44. The first-order valence-electron chi connectivity index (χ1n) is 9.90. The molecule has 0 saturated carbocycles. The number of para-hydroxylation sites is 1. The summed E-state index contributed by atoms with van der Waals surface area (Å²) >= 11 is 0. The number of halogens is 3. The standard InChI is InChI=1S/C21H21F3N4O3/c22-21(23,24)15-6-8-25-18(12-15)31-17-7-9-26(13-17)19(29)14-27-10-11-28(20(27)30)16-4-2-1-3-5-16/h1-6,8,12,17H,7,9-11,13-14H2. The second-order valence-electron chi connectivity index (χ2n) is 7.44. The number of aromatic nitrogens is 1. The summed E-state index contributed by atoms with van der Waals surface area (Å²) in [4.78, 5) is 33.8. The van der Waals surface area contributed by atoms with E-state index in [-0.39, 0.29) is 30.9 Å². The van der Waals surface area contributed by atoms with Crippen molar-refractivity contribution in [1.82, 2.24) is 14.8 Å². The lowest BCUT2D eigenvalue weighted by Gasteiger charge is -2.22. The van der Waals surface area contributed by atoms with Crippen molar-refractivity contribution >= 4 is 17.6 Å². The number of ether oxygens (including phenoxy) is 1. The molecule has 10 heteroatoms. The Balaban J connectivity index is 1.31. The van der Waals surface area contributed by atoms with E-state index in [1.165, 1.54) is 4.90 Å². The molecule has 2 aromatic rings. The highest BCUT2D eigenvalue weighted by molar-refractivity contribution is 5.96. The smallest absolute Gasteiger partial charge is 0.416 e. The highest BCUT2D eigenvalue weighted by Gasteiger charge is 2.35. The van der Waals surface area contributed by atoms with Crippen LogP contribution in [0, 0.1) is 0 Å². The number of likely N-dealkylation sites (tertiary alicyclic amines) is 1. The first kappa shape index (κ1) is 21.0. The molecule has 2 fully saturated rings. The fourth-order valence-corrected chi connectivity index (χ4v) is 3.71. The third kappa shape index (κ3) is 4.73. The second-order valence-corrected chi connectivity index (χ2v) is 7.44. The minimum Gasteiger partial charge on any atom is -0.472 e. The average Bonchev–Trinajstić information content (AvgIpc) is 3.35. The first-order valence-corrected chi connectivity index (χ1v) is 9.90. The summed E-state index contributed by atoms with van der Waals surface area (Å²) < 4.78 is 44.1. The molecule has 7 nitrogen and oxygen atoms in total. The van der Waals surface area contributed by atoms with Crippen molar-refractivity contribution in [1.29, 1.82) is 0 Å². The van der Waals surface area contributed by atoms with Gasteiger partial charge in [-0.15, -0.1) is 0 Å². The normalized spacial score (nSPS) is 19.3. The average molecular weight is 434 g/mol. The number of rotatable bonds is 5. The quantitative estimate of drug-likeness (QED) is 0.726. The fraction of sp³-hybridized carbons (Fsp3) is 0.381. The van der Waals surface area contributed by atoms with E-state index in [4.69, 9.17) is 4.74 Å². The largest absolute Gasteiger partial charge is 0.472 e. The van der Waals surface area contributed by atoms with Gasteiger partial charge in [0.1, 0.15) is 12.6 Å². The molecule has 0 radical (unpaired) electrons. The van der Waals surface area contributed by atoms with Gasteiger partial charge in [0.25, 0.3) is 0 Å². The van der Waals surface area contributed by atoms with Crippen LogP contribution >= 0.6 is 0 Å². The molecule has 2 aliphatic rings. The highest BCUT2D eigenvalue weighted by Crippen LogP contribution is 2.31. The number of nitrogens with zero attached hydrogens (tertiary/aromatic N) is 4. The number of hydrogen-bond acceptors (Lipinski definition) is 4. The first-order chi connectivity index (χ1) is 14.8. The predicted molar refractivity (Wildman–Crippen MR) is 106 cm³/mol. The van der Waals surface area contributed by atoms with Crippen LogP contribution < -0.4 is 9.64 Å². The molecule has 1 atom stereocenters. The predicted octanol–water partition coefficient (Wildman–Crippen LogP) is 3.02.